The first-order chi connectivity index (χ1) is 19.9. The molecule has 0 spiro atoms. The van der Waals surface area contributed by atoms with Gasteiger partial charge in [0.1, 0.15) is 5.71 Å². The molecule has 2 aromatic carbocycles. The fourth-order valence-electron chi connectivity index (χ4n) is 5.28. The third-order valence-electron chi connectivity index (χ3n) is 7.75. The highest BCUT2D eigenvalue weighted by molar-refractivity contribution is 6.12. The number of benzene rings is 2. The van der Waals surface area contributed by atoms with Gasteiger partial charge in [-0.15, -0.1) is 0 Å². The van der Waals surface area contributed by atoms with Crippen LogP contribution in [0.5, 0.6) is 0 Å². The number of carbonyl (C=O) groups is 3. The second-order valence-corrected chi connectivity index (χ2v) is 10.6. The predicted octanol–water partition coefficient (Wildman–Crippen LogP) is 5.82. The Hall–Kier alpha value is -4.35. The molecule has 0 bridgehead atoms. The summed E-state index contributed by atoms with van der Waals surface area (Å²) in [5.74, 6) is -6.69. The highest BCUT2D eigenvalue weighted by Crippen LogP contribution is 2.43. The van der Waals surface area contributed by atoms with E-state index in [9.17, 15) is 31.9 Å². The Morgan fingerprint density at radius 1 is 1.10 bits per heavy atom. The van der Waals surface area contributed by atoms with Crippen molar-refractivity contribution in [2.75, 3.05) is 6.67 Å². The minimum absolute atomic E-state index is 0.0556. The van der Waals surface area contributed by atoms with Gasteiger partial charge in [0.25, 0.3) is 5.79 Å². The number of hydrogen-bond acceptors (Lipinski definition) is 8. The van der Waals surface area contributed by atoms with Gasteiger partial charge in [-0.25, -0.2) is 9.18 Å². The average molecular weight is 587 g/mol. The van der Waals surface area contributed by atoms with E-state index in [-0.39, 0.29) is 12.0 Å². The van der Waals surface area contributed by atoms with Crippen LogP contribution in [-0.4, -0.2) is 46.5 Å². The highest BCUT2D eigenvalue weighted by atomic mass is 19.4. The van der Waals surface area contributed by atoms with Crippen molar-refractivity contribution >= 4 is 34.2 Å². The number of Topliss-reactive ketones (excluding diaryl/α,β-unsaturated/α-hetero) is 1. The molecule has 0 radical (unpaired) electrons. The standard InChI is InChI=1S/C30H26F4N2O6/c1-17(2)28(15-23(36-42-28)26-22-6-4-3-5-18(22)11-12-35-26)24(37)13-21-14-25(38)40-29(21,16-31)41-27(39)19-7-9-20(10-8-19)30(32,33)34/h3-12,17,21H,13-16H2,1-2H3/t21-,28+,29-/m0/s1. The lowest BCUT2D eigenvalue weighted by molar-refractivity contribution is -0.210. The Morgan fingerprint density at radius 3 is 2.48 bits per heavy atom. The third kappa shape index (κ3) is 5.21. The number of pyridine rings is 1. The van der Waals surface area contributed by atoms with Gasteiger partial charge in [0, 0.05) is 30.3 Å². The number of ketones is 1. The van der Waals surface area contributed by atoms with Crippen LogP contribution in [-0.2, 0) is 30.1 Å². The van der Waals surface area contributed by atoms with Crippen LogP contribution in [0.25, 0.3) is 10.8 Å². The summed E-state index contributed by atoms with van der Waals surface area (Å²) in [7, 11) is 0. The molecule has 0 unspecified atom stereocenters. The molecule has 1 saturated heterocycles. The third-order valence-corrected chi connectivity index (χ3v) is 7.75. The van der Waals surface area contributed by atoms with Gasteiger partial charge in [-0.2, -0.15) is 13.2 Å². The lowest BCUT2D eigenvalue weighted by atomic mass is 9.77. The topological polar surface area (TPSA) is 104 Å². The van der Waals surface area contributed by atoms with Gasteiger partial charge in [0.15, 0.2) is 12.5 Å². The molecule has 1 fully saturated rings. The second-order valence-electron chi connectivity index (χ2n) is 10.6. The van der Waals surface area contributed by atoms with Crippen molar-refractivity contribution in [2.45, 2.75) is 50.7 Å². The molecule has 3 heterocycles. The first-order valence-corrected chi connectivity index (χ1v) is 13.2. The number of alkyl halides is 4. The lowest BCUT2D eigenvalue weighted by Gasteiger charge is -2.33. The molecule has 2 aliphatic heterocycles. The first-order valence-electron chi connectivity index (χ1n) is 13.2. The molecule has 0 aliphatic carbocycles. The SMILES string of the molecule is CC(C)[C@@]1(C(=O)C[C@H]2CC(=O)O[C@@]2(CF)OC(=O)c2ccc(C(F)(F)F)cc2)CC(c2nccc3ccccc23)=NO1. The number of cyclic esters (lactones) is 1. The van der Waals surface area contributed by atoms with Crippen LogP contribution in [0, 0.1) is 11.8 Å². The summed E-state index contributed by atoms with van der Waals surface area (Å²) < 4.78 is 63.6. The molecule has 12 heteroatoms. The molecule has 5 rings (SSSR count). The summed E-state index contributed by atoms with van der Waals surface area (Å²) >= 11 is 0. The van der Waals surface area contributed by atoms with E-state index in [1.807, 2.05) is 30.3 Å². The molecule has 3 atom stereocenters. The number of oxime groups is 1. The quantitative estimate of drug-likeness (QED) is 0.242. The van der Waals surface area contributed by atoms with Crippen molar-refractivity contribution in [1.82, 2.24) is 4.98 Å². The number of fused-ring (bicyclic) bond motifs is 1. The van der Waals surface area contributed by atoms with Crippen molar-refractivity contribution in [2.24, 2.45) is 17.0 Å². The van der Waals surface area contributed by atoms with Crippen molar-refractivity contribution in [3.8, 4) is 0 Å². The summed E-state index contributed by atoms with van der Waals surface area (Å²) in [6, 6.07) is 12.5. The smallest absolute Gasteiger partial charge is 0.416 e. The second kappa shape index (κ2) is 10.8. The van der Waals surface area contributed by atoms with Crippen molar-refractivity contribution < 1.29 is 46.3 Å². The van der Waals surface area contributed by atoms with E-state index in [2.05, 4.69) is 10.1 Å². The number of halogens is 4. The predicted molar refractivity (Wildman–Crippen MR) is 141 cm³/mol. The zero-order valence-corrected chi connectivity index (χ0v) is 22.6. The molecule has 2 aliphatic rings. The summed E-state index contributed by atoms with van der Waals surface area (Å²) in [6.45, 7) is 2.05. The van der Waals surface area contributed by atoms with Gasteiger partial charge in [-0.3, -0.25) is 14.6 Å². The van der Waals surface area contributed by atoms with Crippen LogP contribution < -0.4 is 0 Å². The number of rotatable bonds is 8. The van der Waals surface area contributed by atoms with Crippen LogP contribution in [0.2, 0.25) is 0 Å². The van der Waals surface area contributed by atoms with E-state index < -0.39 is 72.2 Å². The van der Waals surface area contributed by atoms with E-state index in [1.165, 1.54) is 0 Å². The Balaban J connectivity index is 1.37. The maximum Gasteiger partial charge on any atom is 0.416 e. The Labute approximate surface area is 237 Å². The summed E-state index contributed by atoms with van der Waals surface area (Å²) in [5, 5.41) is 5.94. The molecule has 42 heavy (non-hydrogen) atoms. The molecule has 3 aromatic rings. The van der Waals surface area contributed by atoms with Gasteiger partial charge >= 0.3 is 18.1 Å². The first kappa shape index (κ1) is 29.2. The van der Waals surface area contributed by atoms with Gasteiger partial charge in [-0.1, -0.05) is 43.3 Å². The lowest BCUT2D eigenvalue weighted by Crippen LogP contribution is -2.49. The Kier molecular flexibility index (Phi) is 7.50. The normalized spacial score (nSPS) is 23.9. The van der Waals surface area contributed by atoms with Crippen molar-refractivity contribution in [3.05, 3.63) is 77.6 Å². The van der Waals surface area contributed by atoms with E-state index in [1.54, 1.807) is 20.0 Å². The molecule has 220 valence electrons. The molecule has 1 aromatic heterocycles. The molecule has 0 amide bonds. The monoisotopic (exact) mass is 586 g/mol. The number of carbonyl (C=O) groups excluding carboxylic acids is 3. The fourth-order valence-corrected chi connectivity index (χ4v) is 5.28. The maximum absolute atomic E-state index is 14.5. The van der Waals surface area contributed by atoms with Crippen LogP contribution in [0.1, 0.15) is 54.7 Å². The van der Waals surface area contributed by atoms with Gasteiger partial charge in [-0.05, 0) is 35.7 Å². The Bertz CT molecular complexity index is 1570. The van der Waals surface area contributed by atoms with Crippen LogP contribution >= 0.6 is 0 Å². The molecule has 0 N–H and O–H groups in total. The van der Waals surface area contributed by atoms with Gasteiger partial charge in [0.2, 0.25) is 5.60 Å². The van der Waals surface area contributed by atoms with E-state index >= 15 is 0 Å². The van der Waals surface area contributed by atoms with E-state index in [0.717, 1.165) is 22.9 Å². The highest BCUT2D eigenvalue weighted by Gasteiger charge is 2.57. The zero-order chi connectivity index (χ0) is 30.3. The average Bonchev–Trinajstić information content (AvgIpc) is 3.55. The Morgan fingerprint density at radius 2 is 1.81 bits per heavy atom. The summed E-state index contributed by atoms with van der Waals surface area (Å²) in [5.41, 5.74) is -1.79. The summed E-state index contributed by atoms with van der Waals surface area (Å²) in [4.78, 5) is 49.2. The number of ether oxygens (including phenoxy) is 2. The van der Waals surface area contributed by atoms with Crippen LogP contribution in [0.4, 0.5) is 17.6 Å². The van der Waals surface area contributed by atoms with E-state index in [0.29, 0.717) is 23.5 Å². The molecule has 8 nitrogen and oxygen atoms in total. The number of hydrogen-bond donors (Lipinski definition) is 0. The number of esters is 2. The molecular weight excluding hydrogens is 560 g/mol. The number of aromatic nitrogens is 1. The van der Waals surface area contributed by atoms with Crippen molar-refractivity contribution in [1.29, 1.82) is 0 Å². The number of nitrogens with zero attached hydrogens (tertiary/aromatic N) is 2. The fraction of sp³-hybridized carbons (Fsp3) is 0.367. The maximum atomic E-state index is 14.5. The minimum atomic E-state index is -4.63. The molecule has 0 saturated carbocycles. The van der Waals surface area contributed by atoms with E-state index in [4.69, 9.17) is 14.3 Å². The van der Waals surface area contributed by atoms with Crippen molar-refractivity contribution in [3.63, 3.8) is 0 Å². The van der Waals surface area contributed by atoms with Crippen LogP contribution in [0.15, 0.2) is 65.9 Å². The van der Waals surface area contributed by atoms with Crippen LogP contribution in [0.3, 0.4) is 0 Å². The molecular formula is C30H26F4N2O6. The largest absolute Gasteiger partial charge is 0.419 e. The van der Waals surface area contributed by atoms with Gasteiger partial charge < -0.3 is 14.3 Å². The zero-order valence-electron chi connectivity index (χ0n) is 22.6. The minimum Gasteiger partial charge on any atom is -0.419 e. The summed E-state index contributed by atoms with van der Waals surface area (Å²) in [6.07, 6.45) is -3.83. The van der Waals surface area contributed by atoms with Gasteiger partial charge in [0.05, 0.1) is 29.2 Å².